The summed E-state index contributed by atoms with van der Waals surface area (Å²) in [5.41, 5.74) is 0. The van der Waals surface area contributed by atoms with E-state index >= 15 is 0 Å². The first kappa shape index (κ1) is 16.0. The van der Waals surface area contributed by atoms with E-state index in [4.69, 9.17) is 11.6 Å². The lowest BCUT2D eigenvalue weighted by atomic mass is 10.1. The summed E-state index contributed by atoms with van der Waals surface area (Å²) >= 11 is 7.60. The fourth-order valence-electron chi connectivity index (χ4n) is 2.90. The predicted molar refractivity (Wildman–Crippen MR) is 90.9 cm³/mol. The SMILES string of the molecule is O=S(=O)(c1cccc(Cl)c1)N1CCCCC[C@H]1c1cccs1. The first-order valence-electron chi connectivity index (χ1n) is 7.40. The van der Waals surface area contributed by atoms with Gasteiger partial charge in [-0.05, 0) is 42.5 Å². The number of halogens is 1. The normalized spacial score (nSPS) is 20.7. The molecule has 0 radical (unpaired) electrons. The van der Waals surface area contributed by atoms with Crippen LogP contribution in [-0.2, 0) is 10.0 Å². The Bertz CT molecular complexity index is 728. The maximum absolute atomic E-state index is 13.1. The van der Waals surface area contributed by atoms with E-state index in [1.54, 1.807) is 33.8 Å². The molecule has 0 N–H and O–H groups in total. The Labute approximate surface area is 140 Å². The van der Waals surface area contributed by atoms with Gasteiger partial charge in [0.1, 0.15) is 0 Å². The summed E-state index contributed by atoms with van der Waals surface area (Å²) in [5, 5.41) is 2.45. The van der Waals surface area contributed by atoms with Gasteiger partial charge >= 0.3 is 0 Å². The van der Waals surface area contributed by atoms with E-state index in [1.807, 2.05) is 17.5 Å². The van der Waals surface area contributed by atoms with Crippen LogP contribution in [0, 0.1) is 0 Å². The number of nitrogens with zero attached hydrogens (tertiary/aromatic N) is 1. The minimum atomic E-state index is -3.53. The molecule has 2 heterocycles. The fraction of sp³-hybridized carbons (Fsp3) is 0.375. The van der Waals surface area contributed by atoms with Gasteiger partial charge in [0.15, 0.2) is 0 Å². The molecular weight excluding hydrogens is 338 g/mol. The molecule has 0 spiro atoms. The lowest BCUT2D eigenvalue weighted by molar-refractivity contribution is 0.333. The minimum absolute atomic E-state index is 0.0634. The second kappa shape index (κ2) is 6.71. The monoisotopic (exact) mass is 355 g/mol. The van der Waals surface area contributed by atoms with Crippen LogP contribution in [0.15, 0.2) is 46.7 Å². The van der Waals surface area contributed by atoms with Crippen molar-refractivity contribution in [3.05, 3.63) is 51.7 Å². The molecule has 1 aliphatic heterocycles. The second-order valence-corrected chi connectivity index (χ2v) is 8.76. The van der Waals surface area contributed by atoms with Crippen molar-refractivity contribution in [2.24, 2.45) is 0 Å². The highest BCUT2D eigenvalue weighted by Crippen LogP contribution is 2.36. The number of benzene rings is 1. The van der Waals surface area contributed by atoms with Gasteiger partial charge in [0.2, 0.25) is 10.0 Å². The van der Waals surface area contributed by atoms with Crippen LogP contribution in [0.4, 0.5) is 0 Å². The number of rotatable bonds is 3. The van der Waals surface area contributed by atoms with Gasteiger partial charge in [0, 0.05) is 16.4 Å². The molecular formula is C16H18ClNO2S2. The van der Waals surface area contributed by atoms with Crippen molar-refractivity contribution in [3.63, 3.8) is 0 Å². The number of hydrogen-bond acceptors (Lipinski definition) is 3. The van der Waals surface area contributed by atoms with Gasteiger partial charge in [0.25, 0.3) is 0 Å². The maximum Gasteiger partial charge on any atom is 0.243 e. The highest BCUT2D eigenvalue weighted by atomic mass is 35.5. The first-order chi connectivity index (χ1) is 10.6. The number of sulfonamides is 1. The summed E-state index contributed by atoms with van der Waals surface area (Å²) < 4.78 is 27.8. The molecule has 2 aromatic rings. The molecule has 1 aliphatic rings. The molecule has 6 heteroatoms. The average molecular weight is 356 g/mol. The number of hydrogen-bond donors (Lipinski definition) is 0. The molecule has 0 amide bonds. The Morgan fingerprint density at radius 2 is 2.00 bits per heavy atom. The molecule has 3 rings (SSSR count). The van der Waals surface area contributed by atoms with E-state index in [0.29, 0.717) is 11.6 Å². The highest BCUT2D eigenvalue weighted by molar-refractivity contribution is 7.89. The largest absolute Gasteiger partial charge is 0.243 e. The smallest absolute Gasteiger partial charge is 0.207 e. The van der Waals surface area contributed by atoms with Crippen molar-refractivity contribution in [2.45, 2.75) is 36.6 Å². The maximum atomic E-state index is 13.1. The molecule has 3 nitrogen and oxygen atoms in total. The van der Waals surface area contributed by atoms with E-state index in [9.17, 15) is 8.42 Å². The Hall–Kier alpha value is -0.880. The van der Waals surface area contributed by atoms with Gasteiger partial charge in [-0.25, -0.2) is 8.42 Å². The second-order valence-electron chi connectivity index (χ2n) is 5.45. The summed E-state index contributed by atoms with van der Waals surface area (Å²) in [6.07, 6.45) is 3.91. The van der Waals surface area contributed by atoms with E-state index < -0.39 is 10.0 Å². The zero-order valence-electron chi connectivity index (χ0n) is 12.1. The van der Waals surface area contributed by atoms with Crippen molar-refractivity contribution < 1.29 is 8.42 Å². The third-order valence-electron chi connectivity index (χ3n) is 3.98. The summed E-state index contributed by atoms with van der Waals surface area (Å²) in [6, 6.07) is 10.5. The van der Waals surface area contributed by atoms with Crippen LogP contribution in [0.5, 0.6) is 0 Å². The van der Waals surface area contributed by atoms with Crippen LogP contribution < -0.4 is 0 Å². The van der Waals surface area contributed by atoms with Crippen LogP contribution in [0.2, 0.25) is 5.02 Å². The Morgan fingerprint density at radius 1 is 1.14 bits per heavy atom. The van der Waals surface area contributed by atoms with Crippen LogP contribution in [0.1, 0.15) is 36.6 Å². The zero-order valence-corrected chi connectivity index (χ0v) is 14.5. The Morgan fingerprint density at radius 3 is 2.73 bits per heavy atom. The van der Waals surface area contributed by atoms with E-state index in [2.05, 4.69) is 0 Å². The third-order valence-corrected chi connectivity index (χ3v) is 7.09. The molecule has 0 unspecified atom stereocenters. The molecule has 1 aromatic carbocycles. The van der Waals surface area contributed by atoms with Gasteiger partial charge in [0.05, 0.1) is 10.9 Å². The summed E-state index contributed by atoms with van der Waals surface area (Å²) in [4.78, 5) is 1.40. The molecule has 0 aliphatic carbocycles. The summed E-state index contributed by atoms with van der Waals surface area (Å²) in [5.74, 6) is 0. The van der Waals surface area contributed by atoms with Gasteiger partial charge in [-0.1, -0.05) is 36.6 Å². The van der Waals surface area contributed by atoms with Crippen LogP contribution >= 0.6 is 22.9 Å². The molecule has 1 atom stereocenters. The van der Waals surface area contributed by atoms with Crippen molar-refractivity contribution in [3.8, 4) is 0 Å². The van der Waals surface area contributed by atoms with Crippen molar-refractivity contribution >= 4 is 33.0 Å². The molecule has 1 fully saturated rings. The fourth-order valence-corrected chi connectivity index (χ4v) is 5.81. The number of thiophene rings is 1. The van der Waals surface area contributed by atoms with Gasteiger partial charge < -0.3 is 0 Å². The summed E-state index contributed by atoms with van der Waals surface area (Å²) in [6.45, 7) is 0.567. The van der Waals surface area contributed by atoms with Crippen molar-refractivity contribution in [1.29, 1.82) is 0 Å². The zero-order chi connectivity index (χ0) is 15.6. The van der Waals surface area contributed by atoms with Crippen molar-refractivity contribution in [1.82, 2.24) is 4.31 Å². The molecule has 22 heavy (non-hydrogen) atoms. The molecule has 0 saturated carbocycles. The quantitative estimate of drug-likeness (QED) is 0.799. The molecule has 1 saturated heterocycles. The minimum Gasteiger partial charge on any atom is -0.207 e. The highest BCUT2D eigenvalue weighted by Gasteiger charge is 2.33. The lowest BCUT2D eigenvalue weighted by Gasteiger charge is -2.28. The standard InChI is InChI=1S/C16H18ClNO2S2/c17-13-6-4-7-14(12-13)22(19,20)18-10-3-1-2-8-15(18)16-9-5-11-21-16/h4-7,9,11-12,15H,1-3,8,10H2/t15-/m0/s1. The average Bonchev–Trinajstić information content (AvgIpc) is 2.91. The summed E-state index contributed by atoms with van der Waals surface area (Å²) in [7, 11) is -3.53. The molecule has 118 valence electrons. The predicted octanol–water partition coefficient (Wildman–Crippen LogP) is 4.71. The van der Waals surface area contributed by atoms with Crippen molar-refractivity contribution in [2.75, 3.05) is 6.54 Å². The van der Waals surface area contributed by atoms with Gasteiger partial charge in [-0.15, -0.1) is 11.3 Å². The topological polar surface area (TPSA) is 37.4 Å². The van der Waals surface area contributed by atoms with E-state index in [0.717, 1.165) is 30.6 Å². The Kier molecular flexibility index (Phi) is 4.88. The molecule has 0 bridgehead atoms. The lowest BCUT2D eigenvalue weighted by Crippen LogP contribution is -2.34. The van der Waals surface area contributed by atoms with Gasteiger partial charge in [-0.2, -0.15) is 4.31 Å². The molecule has 1 aromatic heterocycles. The van der Waals surface area contributed by atoms with Crippen LogP contribution in [0.3, 0.4) is 0 Å². The van der Waals surface area contributed by atoms with Gasteiger partial charge in [-0.3, -0.25) is 0 Å². The van der Waals surface area contributed by atoms with Crippen LogP contribution in [-0.4, -0.2) is 19.3 Å². The van der Waals surface area contributed by atoms with Crippen LogP contribution in [0.25, 0.3) is 0 Å². The van der Waals surface area contributed by atoms with E-state index in [1.165, 1.54) is 6.07 Å². The first-order valence-corrected chi connectivity index (χ1v) is 10.1. The van der Waals surface area contributed by atoms with E-state index in [-0.39, 0.29) is 10.9 Å². The Balaban J connectivity index is 2.01. The third kappa shape index (κ3) is 3.23.